The lowest BCUT2D eigenvalue weighted by atomic mass is 10.1. The van der Waals surface area contributed by atoms with Gasteiger partial charge in [-0.2, -0.15) is 0 Å². The third-order valence-electron chi connectivity index (χ3n) is 3.40. The minimum absolute atomic E-state index is 0.200. The molecule has 0 heterocycles. The monoisotopic (exact) mass is 303 g/mol. The van der Waals surface area contributed by atoms with E-state index in [0.717, 1.165) is 36.3 Å². The molecule has 4 nitrogen and oxygen atoms in total. The Morgan fingerprint density at radius 3 is 2.59 bits per heavy atom. The van der Waals surface area contributed by atoms with E-state index in [1.165, 1.54) is 12.8 Å². The van der Waals surface area contributed by atoms with Crippen molar-refractivity contribution < 1.29 is 4.74 Å². The van der Waals surface area contributed by atoms with Crippen LogP contribution in [0.5, 0.6) is 5.75 Å². The van der Waals surface area contributed by atoms with Gasteiger partial charge in [0.1, 0.15) is 11.4 Å². The highest BCUT2D eigenvalue weighted by Crippen LogP contribution is 2.27. The summed E-state index contributed by atoms with van der Waals surface area (Å²) in [4.78, 5) is 4.69. The minimum atomic E-state index is -0.200. The fourth-order valence-electron chi connectivity index (χ4n) is 2.13. The normalized spacial score (nSPS) is 15.5. The van der Waals surface area contributed by atoms with Crippen LogP contribution in [0.3, 0.4) is 0 Å². The summed E-state index contributed by atoms with van der Waals surface area (Å²) in [5.74, 6) is 2.64. The Kier molecular flexibility index (Phi) is 5.69. The standard InChI is InChI=1S/C18H29N3O/c1-5-19-17(20-12-14-10-11-14)21-13-15-8-6-7-9-16(15)22-18(2,3)4/h6-9,14H,5,10-13H2,1-4H3,(H2,19,20,21). The molecule has 1 aliphatic rings. The number of hydrogen-bond acceptors (Lipinski definition) is 2. The number of guanidine groups is 1. The molecule has 4 heteroatoms. The summed E-state index contributed by atoms with van der Waals surface area (Å²) in [6.07, 6.45) is 2.68. The van der Waals surface area contributed by atoms with Crippen LogP contribution in [0.4, 0.5) is 0 Å². The van der Waals surface area contributed by atoms with Gasteiger partial charge in [-0.15, -0.1) is 0 Å². The zero-order valence-electron chi connectivity index (χ0n) is 14.3. The largest absolute Gasteiger partial charge is 0.488 e. The summed E-state index contributed by atoms with van der Waals surface area (Å²) >= 11 is 0. The van der Waals surface area contributed by atoms with Gasteiger partial charge in [-0.1, -0.05) is 18.2 Å². The second-order valence-electron chi connectivity index (χ2n) is 6.84. The first-order chi connectivity index (χ1) is 10.5. The van der Waals surface area contributed by atoms with E-state index < -0.39 is 0 Å². The molecule has 1 fully saturated rings. The molecule has 0 saturated heterocycles. The fraction of sp³-hybridized carbons (Fsp3) is 0.611. The van der Waals surface area contributed by atoms with Crippen LogP contribution in [-0.4, -0.2) is 24.7 Å². The number of nitrogens with zero attached hydrogens (tertiary/aromatic N) is 1. The molecular formula is C18H29N3O. The van der Waals surface area contributed by atoms with Crippen molar-refractivity contribution >= 4 is 5.96 Å². The maximum absolute atomic E-state index is 6.02. The highest BCUT2D eigenvalue weighted by Gasteiger charge is 2.21. The van der Waals surface area contributed by atoms with E-state index in [2.05, 4.69) is 49.4 Å². The summed E-state index contributed by atoms with van der Waals surface area (Å²) in [5.41, 5.74) is 0.912. The van der Waals surface area contributed by atoms with Crippen molar-refractivity contribution in [3.05, 3.63) is 29.8 Å². The first-order valence-corrected chi connectivity index (χ1v) is 8.27. The first kappa shape index (κ1) is 16.7. The van der Waals surface area contributed by atoms with E-state index in [1.807, 2.05) is 18.2 Å². The molecule has 0 aliphatic heterocycles. The fourth-order valence-corrected chi connectivity index (χ4v) is 2.13. The van der Waals surface area contributed by atoms with Crippen LogP contribution >= 0.6 is 0 Å². The Hall–Kier alpha value is -1.71. The molecule has 0 radical (unpaired) electrons. The van der Waals surface area contributed by atoms with Crippen LogP contribution in [0.25, 0.3) is 0 Å². The van der Waals surface area contributed by atoms with Gasteiger partial charge < -0.3 is 15.4 Å². The maximum atomic E-state index is 6.02. The summed E-state index contributed by atoms with van der Waals surface area (Å²) in [7, 11) is 0. The molecular weight excluding hydrogens is 274 g/mol. The number of rotatable bonds is 6. The molecule has 1 aliphatic carbocycles. The smallest absolute Gasteiger partial charge is 0.191 e. The quantitative estimate of drug-likeness (QED) is 0.626. The summed E-state index contributed by atoms with van der Waals surface area (Å²) < 4.78 is 6.02. The van der Waals surface area contributed by atoms with Crippen molar-refractivity contribution in [3.8, 4) is 5.75 Å². The molecule has 0 bridgehead atoms. The van der Waals surface area contributed by atoms with Crippen LogP contribution in [0.15, 0.2) is 29.3 Å². The molecule has 0 atom stereocenters. The number of para-hydroxylation sites is 1. The predicted molar refractivity (Wildman–Crippen MR) is 92.4 cm³/mol. The van der Waals surface area contributed by atoms with Crippen molar-refractivity contribution in [1.29, 1.82) is 0 Å². The van der Waals surface area contributed by atoms with E-state index in [1.54, 1.807) is 0 Å². The van der Waals surface area contributed by atoms with E-state index in [0.29, 0.717) is 6.54 Å². The highest BCUT2D eigenvalue weighted by atomic mass is 16.5. The molecule has 0 aromatic heterocycles. The molecule has 1 aromatic carbocycles. The number of nitrogens with one attached hydrogen (secondary N) is 2. The zero-order chi connectivity index (χ0) is 16.0. The molecule has 0 amide bonds. The lowest BCUT2D eigenvalue weighted by molar-refractivity contribution is 0.129. The van der Waals surface area contributed by atoms with Crippen LogP contribution in [0, 0.1) is 5.92 Å². The number of ether oxygens (including phenoxy) is 1. The molecule has 2 N–H and O–H groups in total. The second kappa shape index (κ2) is 7.52. The SMILES string of the molecule is CCNC(=NCc1ccccc1OC(C)(C)C)NCC1CC1. The van der Waals surface area contributed by atoms with Crippen molar-refractivity contribution in [2.24, 2.45) is 10.9 Å². The average Bonchev–Trinajstić information content (AvgIpc) is 3.26. The maximum Gasteiger partial charge on any atom is 0.191 e. The molecule has 0 unspecified atom stereocenters. The number of benzene rings is 1. The molecule has 22 heavy (non-hydrogen) atoms. The van der Waals surface area contributed by atoms with Crippen LogP contribution in [0.1, 0.15) is 46.1 Å². The molecule has 0 spiro atoms. The Bertz CT molecular complexity index is 501. The molecule has 2 rings (SSSR count). The van der Waals surface area contributed by atoms with Crippen LogP contribution in [-0.2, 0) is 6.54 Å². The second-order valence-corrected chi connectivity index (χ2v) is 6.84. The van der Waals surface area contributed by atoms with Gasteiger partial charge in [0.25, 0.3) is 0 Å². The average molecular weight is 303 g/mol. The third kappa shape index (κ3) is 5.96. The summed E-state index contributed by atoms with van der Waals surface area (Å²) in [5, 5.41) is 6.72. The topological polar surface area (TPSA) is 45.7 Å². The van der Waals surface area contributed by atoms with Gasteiger partial charge in [-0.25, -0.2) is 4.99 Å². The summed E-state index contributed by atoms with van der Waals surface area (Å²) in [6, 6.07) is 8.13. The Morgan fingerprint density at radius 2 is 1.95 bits per heavy atom. The molecule has 122 valence electrons. The Labute approximate surface area is 134 Å². The zero-order valence-corrected chi connectivity index (χ0v) is 14.3. The lowest BCUT2D eigenvalue weighted by Crippen LogP contribution is -2.38. The van der Waals surface area contributed by atoms with Gasteiger partial charge >= 0.3 is 0 Å². The van der Waals surface area contributed by atoms with Crippen molar-refractivity contribution in [1.82, 2.24) is 10.6 Å². The minimum Gasteiger partial charge on any atom is -0.488 e. The van der Waals surface area contributed by atoms with Crippen LogP contribution < -0.4 is 15.4 Å². The van der Waals surface area contributed by atoms with Gasteiger partial charge in [-0.05, 0) is 52.5 Å². The predicted octanol–water partition coefficient (Wildman–Crippen LogP) is 3.33. The van der Waals surface area contributed by atoms with Gasteiger partial charge in [0.2, 0.25) is 0 Å². The number of hydrogen-bond donors (Lipinski definition) is 2. The van der Waals surface area contributed by atoms with Gasteiger partial charge in [0.15, 0.2) is 5.96 Å². The lowest BCUT2D eigenvalue weighted by Gasteiger charge is -2.23. The van der Waals surface area contributed by atoms with E-state index in [9.17, 15) is 0 Å². The Balaban J connectivity index is 2.01. The van der Waals surface area contributed by atoms with Gasteiger partial charge in [-0.3, -0.25) is 0 Å². The Morgan fingerprint density at radius 1 is 1.23 bits per heavy atom. The molecule has 1 saturated carbocycles. The van der Waals surface area contributed by atoms with Crippen LogP contribution in [0.2, 0.25) is 0 Å². The van der Waals surface area contributed by atoms with Crippen molar-refractivity contribution in [3.63, 3.8) is 0 Å². The summed E-state index contributed by atoms with van der Waals surface area (Å²) in [6.45, 7) is 10.8. The van der Waals surface area contributed by atoms with E-state index in [4.69, 9.17) is 4.74 Å². The first-order valence-electron chi connectivity index (χ1n) is 8.27. The highest BCUT2D eigenvalue weighted by molar-refractivity contribution is 5.79. The number of aliphatic imine (C=N–C) groups is 1. The van der Waals surface area contributed by atoms with Gasteiger partial charge in [0, 0.05) is 18.7 Å². The van der Waals surface area contributed by atoms with E-state index >= 15 is 0 Å². The van der Waals surface area contributed by atoms with Gasteiger partial charge in [0.05, 0.1) is 6.54 Å². The van der Waals surface area contributed by atoms with Crippen molar-refractivity contribution in [2.45, 2.75) is 52.7 Å². The third-order valence-corrected chi connectivity index (χ3v) is 3.40. The van der Waals surface area contributed by atoms with Crippen molar-refractivity contribution in [2.75, 3.05) is 13.1 Å². The van der Waals surface area contributed by atoms with E-state index in [-0.39, 0.29) is 5.60 Å². The molecule has 1 aromatic rings.